The van der Waals surface area contributed by atoms with Crippen molar-refractivity contribution >= 4 is 17.7 Å². The lowest BCUT2D eigenvalue weighted by Crippen LogP contribution is -2.32. The van der Waals surface area contributed by atoms with E-state index < -0.39 is 17.9 Å². The third kappa shape index (κ3) is 1.69. The van der Waals surface area contributed by atoms with Gasteiger partial charge in [-0.05, 0) is 18.6 Å². The van der Waals surface area contributed by atoms with Gasteiger partial charge < -0.3 is 9.47 Å². The van der Waals surface area contributed by atoms with Crippen LogP contribution in [0.3, 0.4) is 0 Å². The second-order valence-corrected chi connectivity index (χ2v) is 3.68. The van der Waals surface area contributed by atoms with E-state index in [4.69, 9.17) is 4.74 Å². The van der Waals surface area contributed by atoms with Crippen molar-refractivity contribution in [3.05, 3.63) is 29.3 Å². The van der Waals surface area contributed by atoms with E-state index in [2.05, 4.69) is 4.74 Å². The Hall–Kier alpha value is -2.17. The van der Waals surface area contributed by atoms with Gasteiger partial charge in [-0.3, -0.25) is 9.59 Å². The van der Waals surface area contributed by atoms with Gasteiger partial charge in [0.15, 0.2) is 0 Å². The Labute approximate surface area is 97.3 Å². The normalized spacial score (nSPS) is 18.4. The zero-order valence-electron chi connectivity index (χ0n) is 9.35. The number of carbonyl (C=O) groups is 3. The topological polar surface area (TPSA) is 69.7 Å². The molecule has 1 aromatic carbocycles. The van der Waals surface area contributed by atoms with Crippen molar-refractivity contribution in [3.8, 4) is 5.75 Å². The highest BCUT2D eigenvalue weighted by atomic mass is 16.6. The van der Waals surface area contributed by atoms with Crippen LogP contribution in [0.5, 0.6) is 5.75 Å². The molecule has 0 aromatic heterocycles. The summed E-state index contributed by atoms with van der Waals surface area (Å²) >= 11 is 0. The molecule has 0 spiro atoms. The van der Waals surface area contributed by atoms with Crippen molar-refractivity contribution in [2.75, 3.05) is 7.11 Å². The van der Waals surface area contributed by atoms with Gasteiger partial charge in [0.05, 0.1) is 7.11 Å². The number of carbonyl (C=O) groups excluding carboxylic acids is 3. The summed E-state index contributed by atoms with van der Waals surface area (Å²) in [5, 5.41) is 0. The van der Waals surface area contributed by atoms with Gasteiger partial charge in [0, 0.05) is 0 Å². The Bertz CT molecular complexity index is 518. The fraction of sp³-hybridized carbons (Fsp3) is 0.250. The highest BCUT2D eigenvalue weighted by molar-refractivity contribution is 6.14. The van der Waals surface area contributed by atoms with Gasteiger partial charge in [-0.1, -0.05) is 12.1 Å². The molecule has 0 saturated heterocycles. The van der Waals surface area contributed by atoms with Crippen LogP contribution >= 0.6 is 0 Å². The number of benzene rings is 1. The molecule has 0 fully saturated rings. The molecule has 5 nitrogen and oxygen atoms in total. The van der Waals surface area contributed by atoms with Crippen molar-refractivity contribution in [2.45, 2.75) is 12.8 Å². The lowest BCUT2D eigenvalue weighted by Gasteiger charge is -2.22. The van der Waals surface area contributed by atoms with Gasteiger partial charge in [0.2, 0.25) is 0 Å². The van der Waals surface area contributed by atoms with Crippen LogP contribution in [0, 0.1) is 0 Å². The molecule has 17 heavy (non-hydrogen) atoms. The molecule has 0 saturated carbocycles. The fourth-order valence-electron chi connectivity index (χ4n) is 1.89. The number of hydrogen-bond acceptors (Lipinski definition) is 5. The maximum absolute atomic E-state index is 11.6. The number of Topliss-reactive ketones (excluding diaryl/α,β-unsaturated/α-hetero) is 1. The number of hydrogen-bond donors (Lipinski definition) is 0. The SMILES string of the molecule is COc1cccc2c1C(=O)OC(=O)C2C(C)=O. The van der Waals surface area contributed by atoms with E-state index in [1.807, 2.05) is 0 Å². The first-order chi connectivity index (χ1) is 8.06. The maximum atomic E-state index is 11.6. The van der Waals surface area contributed by atoms with Crippen LogP contribution in [-0.4, -0.2) is 24.8 Å². The van der Waals surface area contributed by atoms with E-state index in [1.54, 1.807) is 18.2 Å². The lowest BCUT2D eigenvalue weighted by atomic mass is 9.89. The maximum Gasteiger partial charge on any atom is 0.349 e. The zero-order valence-corrected chi connectivity index (χ0v) is 9.35. The van der Waals surface area contributed by atoms with E-state index in [9.17, 15) is 14.4 Å². The first-order valence-electron chi connectivity index (χ1n) is 4.99. The van der Waals surface area contributed by atoms with Gasteiger partial charge in [-0.15, -0.1) is 0 Å². The van der Waals surface area contributed by atoms with Gasteiger partial charge in [0.1, 0.15) is 23.0 Å². The van der Waals surface area contributed by atoms with Crippen LogP contribution < -0.4 is 4.74 Å². The minimum absolute atomic E-state index is 0.148. The van der Waals surface area contributed by atoms with Crippen LogP contribution in [0.1, 0.15) is 28.8 Å². The van der Waals surface area contributed by atoms with Crippen molar-refractivity contribution in [2.24, 2.45) is 0 Å². The highest BCUT2D eigenvalue weighted by Gasteiger charge is 2.39. The molecular weight excluding hydrogens is 224 g/mol. The third-order valence-corrected chi connectivity index (χ3v) is 2.63. The smallest absolute Gasteiger partial charge is 0.349 e. The van der Waals surface area contributed by atoms with E-state index in [0.29, 0.717) is 11.3 Å². The molecule has 5 heteroatoms. The van der Waals surface area contributed by atoms with Crippen molar-refractivity contribution in [1.82, 2.24) is 0 Å². The molecule has 1 atom stereocenters. The van der Waals surface area contributed by atoms with Crippen molar-refractivity contribution < 1.29 is 23.9 Å². The Morgan fingerprint density at radius 3 is 2.65 bits per heavy atom. The van der Waals surface area contributed by atoms with E-state index >= 15 is 0 Å². The fourth-order valence-corrected chi connectivity index (χ4v) is 1.89. The molecule has 0 bridgehead atoms. The van der Waals surface area contributed by atoms with Crippen LogP contribution in [0.4, 0.5) is 0 Å². The second-order valence-electron chi connectivity index (χ2n) is 3.68. The number of fused-ring (bicyclic) bond motifs is 1. The van der Waals surface area contributed by atoms with E-state index in [-0.39, 0.29) is 11.3 Å². The van der Waals surface area contributed by atoms with E-state index in [0.717, 1.165) is 0 Å². The second kappa shape index (κ2) is 4.01. The number of rotatable bonds is 2. The average molecular weight is 234 g/mol. The molecule has 1 heterocycles. The Kier molecular flexibility index (Phi) is 2.67. The zero-order chi connectivity index (χ0) is 12.6. The molecule has 0 radical (unpaired) electrons. The van der Waals surface area contributed by atoms with Gasteiger partial charge in [0.25, 0.3) is 0 Å². The molecule has 0 N–H and O–H groups in total. The minimum Gasteiger partial charge on any atom is -0.496 e. The van der Waals surface area contributed by atoms with Crippen molar-refractivity contribution in [1.29, 1.82) is 0 Å². The summed E-state index contributed by atoms with van der Waals surface area (Å²) in [6.07, 6.45) is 0. The molecule has 88 valence electrons. The Morgan fingerprint density at radius 1 is 1.35 bits per heavy atom. The first-order valence-corrected chi connectivity index (χ1v) is 4.99. The predicted octanol–water partition coefficient (Wildman–Crippen LogP) is 1.06. The van der Waals surface area contributed by atoms with Gasteiger partial charge in [-0.25, -0.2) is 4.79 Å². The summed E-state index contributed by atoms with van der Waals surface area (Å²) in [6, 6.07) is 4.76. The summed E-state index contributed by atoms with van der Waals surface area (Å²) in [7, 11) is 1.40. The van der Waals surface area contributed by atoms with Crippen LogP contribution in [0.15, 0.2) is 18.2 Å². The number of cyclic esters (lactones) is 2. The summed E-state index contributed by atoms with van der Waals surface area (Å²) in [4.78, 5) is 34.5. The van der Waals surface area contributed by atoms with Crippen LogP contribution in [0.25, 0.3) is 0 Å². The largest absolute Gasteiger partial charge is 0.496 e. The molecular formula is C12H10O5. The predicted molar refractivity (Wildman–Crippen MR) is 56.8 cm³/mol. The van der Waals surface area contributed by atoms with Gasteiger partial charge >= 0.3 is 11.9 Å². The number of esters is 2. The monoisotopic (exact) mass is 234 g/mol. The quantitative estimate of drug-likeness (QED) is 0.565. The first kappa shape index (κ1) is 11.3. The molecule has 1 aliphatic rings. The van der Waals surface area contributed by atoms with Crippen LogP contribution in [-0.2, 0) is 14.3 Å². The number of ether oxygens (including phenoxy) is 2. The number of ketones is 1. The summed E-state index contributed by atoms with van der Waals surface area (Å²) in [6.45, 7) is 1.28. The third-order valence-electron chi connectivity index (χ3n) is 2.63. The minimum atomic E-state index is -1.04. The van der Waals surface area contributed by atoms with E-state index in [1.165, 1.54) is 14.0 Å². The summed E-state index contributed by atoms with van der Waals surface area (Å²) in [5.74, 6) is -2.72. The lowest BCUT2D eigenvalue weighted by molar-refractivity contribution is -0.143. The molecule has 1 aliphatic heterocycles. The van der Waals surface area contributed by atoms with Crippen LogP contribution in [0.2, 0.25) is 0 Å². The molecule has 1 unspecified atom stereocenters. The molecule has 0 aliphatic carbocycles. The molecule has 1 aromatic rings. The summed E-state index contributed by atoms with van der Waals surface area (Å²) < 4.78 is 9.57. The molecule has 2 rings (SSSR count). The molecule has 0 amide bonds. The highest BCUT2D eigenvalue weighted by Crippen LogP contribution is 2.33. The summed E-state index contributed by atoms with van der Waals surface area (Å²) in [5.41, 5.74) is 0.493. The average Bonchev–Trinajstić information content (AvgIpc) is 2.27. The number of methoxy groups -OCH3 is 1. The Balaban J connectivity index is 2.67. The van der Waals surface area contributed by atoms with Gasteiger partial charge in [-0.2, -0.15) is 0 Å². The Morgan fingerprint density at radius 2 is 2.06 bits per heavy atom. The van der Waals surface area contributed by atoms with Crippen molar-refractivity contribution in [3.63, 3.8) is 0 Å². The standard InChI is InChI=1S/C12H10O5/c1-6(13)9-7-4-3-5-8(16-2)10(7)12(15)17-11(9)14/h3-5,9H,1-2H3.